The van der Waals surface area contributed by atoms with E-state index in [9.17, 15) is 9.50 Å². The van der Waals surface area contributed by atoms with Crippen molar-refractivity contribution < 1.29 is 9.50 Å². The molecule has 100 valence electrons. The Hall–Kier alpha value is -0.800. The minimum atomic E-state index is -0.826. The van der Waals surface area contributed by atoms with Crippen molar-refractivity contribution in [3.05, 3.63) is 68.4 Å². The number of rotatable bonds is 3. The van der Waals surface area contributed by atoms with E-state index in [1.165, 1.54) is 12.1 Å². The van der Waals surface area contributed by atoms with Crippen molar-refractivity contribution in [3.8, 4) is 0 Å². The van der Waals surface area contributed by atoms with Gasteiger partial charge in [0, 0.05) is 12.0 Å². The number of aliphatic hydroxyl groups excluding tert-OH is 1. The van der Waals surface area contributed by atoms with Crippen LogP contribution in [-0.4, -0.2) is 5.11 Å². The summed E-state index contributed by atoms with van der Waals surface area (Å²) in [5.41, 5.74) is 1.25. The summed E-state index contributed by atoms with van der Waals surface area (Å²) in [5.74, 6) is -0.485. The summed E-state index contributed by atoms with van der Waals surface area (Å²) in [5, 5.41) is 10.9. The number of hydrogen-bond donors (Lipinski definition) is 1. The molecule has 0 aliphatic heterocycles. The van der Waals surface area contributed by atoms with Crippen LogP contribution in [-0.2, 0) is 6.42 Å². The first-order valence-electron chi connectivity index (χ1n) is 5.55. The zero-order chi connectivity index (χ0) is 14.0. The molecule has 0 bridgehead atoms. The molecule has 0 radical (unpaired) electrons. The van der Waals surface area contributed by atoms with Gasteiger partial charge in [-0.05, 0) is 23.8 Å². The lowest BCUT2D eigenvalue weighted by molar-refractivity contribution is 0.178. The highest BCUT2D eigenvalue weighted by atomic mass is 35.5. The molecular weight excluding hydrogens is 310 g/mol. The highest BCUT2D eigenvalue weighted by Gasteiger charge is 2.14. The third kappa shape index (κ3) is 3.40. The minimum Gasteiger partial charge on any atom is -0.388 e. The molecule has 1 atom stereocenters. The average Bonchev–Trinajstić information content (AvgIpc) is 2.37. The van der Waals surface area contributed by atoms with Crippen LogP contribution in [0.15, 0.2) is 36.4 Å². The summed E-state index contributed by atoms with van der Waals surface area (Å²) in [4.78, 5) is 0. The molecule has 2 aromatic carbocycles. The number of benzene rings is 2. The van der Waals surface area contributed by atoms with Crippen LogP contribution >= 0.6 is 34.8 Å². The van der Waals surface area contributed by atoms with Gasteiger partial charge in [-0.2, -0.15) is 0 Å². The summed E-state index contributed by atoms with van der Waals surface area (Å²) in [7, 11) is 0. The molecular formula is C14H10Cl3FO. The molecule has 5 heteroatoms. The molecule has 0 saturated heterocycles. The van der Waals surface area contributed by atoms with Gasteiger partial charge in [0.05, 0.1) is 21.2 Å². The van der Waals surface area contributed by atoms with Gasteiger partial charge in [-0.3, -0.25) is 0 Å². The van der Waals surface area contributed by atoms with Crippen molar-refractivity contribution in [1.82, 2.24) is 0 Å². The molecule has 2 rings (SSSR count). The number of halogens is 4. The van der Waals surface area contributed by atoms with E-state index in [4.69, 9.17) is 34.8 Å². The molecule has 0 fully saturated rings. The predicted molar refractivity (Wildman–Crippen MR) is 76.5 cm³/mol. The van der Waals surface area contributed by atoms with E-state index >= 15 is 0 Å². The topological polar surface area (TPSA) is 20.2 Å². The van der Waals surface area contributed by atoms with Gasteiger partial charge in [0.25, 0.3) is 0 Å². The quantitative estimate of drug-likeness (QED) is 0.838. The maximum Gasteiger partial charge on any atom is 0.141 e. The Balaban J connectivity index is 2.23. The van der Waals surface area contributed by atoms with Gasteiger partial charge in [0.2, 0.25) is 0 Å². The zero-order valence-corrected chi connectivity index (χ0v) is 12.0. The van der Waals surface area contributed by atoms with E-state index in [1.54, 1.807) is 24.3 Å². The number of aliphatic hydroxyl groups is 1. The Morgan fingerprint density at radius 3 is 2.47 bits per heavy atom. The lowest BCUT2D eigenvalue weighted by Gasteiger charge is -2.13. The summed E-state index contributed by atoms with van der Waals surface area (Å²) in [6, 6.07) is 9.38. The molecule has 19 heavy (non-hydrogen) atoms. The highest BCUT2D eigenvalue weighted by Crippen LogP contribution is 2.31. The zero-order valence-electron chi connectivity index (χ0n) is 9.71. The lowest BCUT2D eigenvalue weighted by atomic mass is 10.0. The molecule has 0 aliphatic carbocycles. The fourth-order valence-corrected chi connectivity index (χ4v) is 2.41. The van der Waals surface area contributed by atoms with E-state index in [-0.39, 0.29) is 11.4 Å². The maximum atomic E-state index is 13.0. The van der Waals surface area contributed by atoms with Crippen LogP contribution in [0.4, 0.5) is 4.39 Å². The monoisotopic (exact) mass is 318 g/mol. The van der Waals surface area contributed by atoms with Crippen LogP contribution in [0.3, 0.4) is 0 Å². The minimum absolute atomic E-state index is 0.0295. The van der Waals surface area contributed by atoms with Crippen molar-refractivity contribution in [1.29, 1.82) is 0 Å². The molecule has 0 heterocycles. The van der Waals surface area contributed by atoms with Gasteiger partial charge >= 0.3 is 0 Å². The molecule has 0 amide bonds. The summed E-state index contributed by atoms with van der Waals surface area (Å²) in [6.45, 7) is 0. The molecule has 0 aliphatic rings. The SMILES string of the molecule is OC(Cc1ccc(F)c(Cl)c1)c1cccc(Cl)c1Cl. The second-order valence-corrected chi connectivity index (χ2v) is 5.30. The first kappa shape index (κ1) is 14.6. The summed E-state index contributed by atoms with van der Waals surface area (Å²) in [6.07, 6.45) is -0.548. The van der Waals surface area contributed by atoms with E-state index in [1.807, 2.05) is 0 Å². The standard InChI is InChI=1S/C14H10Cl3FO/c15-10-3-1-2-9(14(10)17)13(19)7-8-4-5-12(18)11(16)6-8/h1-6,13,19H,7H2. The molecule has 1 unspecified atom stereocenters. The molecule has 0 aromatic heterocycles. The van der Waals surface area contributed by atoms with Gasteiger partial charge < -0.3 is 5.11 Å². The fourth-order valence-electron chi connectivity index (χ4n) is 1.78. The number of hydrogen-bond acceptors (Lipinski definition) is 1. The van der Waals surface area contributed by atoms with E-state index in [0.29, 0.717) is 15.6 Å². The molecule has 1 N–H and O–H groups in total. The fraction of sp³-hybridized carbons (Fsp3) is 0.143. The van der Waals surface area contributed by atoms with Gasteiger partial charge in [-0.25, -0.2) is 4.39 Å². The Morgan fingerprint density at radius 1 is 1.05 bits per heavy atom. The van der Waals surface area contributed by atoms with E-state index in [2.05, 4.69) is 0 Å². The summed E-state index contributed by atoms with van der Waals surface area (Å²) >= 11 is 17.6. The van der Waals surface area contributed by atoms with Crippen molar-refractivity contribution in [2.24, 2.45) is 0 Å². The predicted octanol–water partition coefficient (Wildman–Crippen LogP) is 5.06. The van der Waals surface area contributed by atoms with Crippen molar-refractivity contribution >= 4 is 34.8 Å². The lowest BCUT2D eigenvalue weighted by Crippen LogP contribution is -2.03. The van der Waals surface area contributed by atoms with Gasteiger partial charge in [0.1, 0.15) is 5.82 Å². The molecule has 2 aromatic rings. The Morgan fingerprint density at radius 2 is 1.79 bits per heavy atom. The van der Waals surface area contributed by atoms with Crippen LogP contribution in [0.25, 0.3) is 0 Å². The van der Waals surface area contributed by atoms with Crippen LogP contribution in [0.5, 0.6) is 0 Å². The van der Waals surface area contributed by atoms with Crippen LogP contribution in [0, 0.1) is 5.82 Å². The van der Waals surface area contributed by atoms with Gasteiger partial charge in [-0.15, -0.1) is 0 Å². The largest absolute Gasteiger partial charge is 0.388 e. The van der Waals surface area contributed by atoms with Crippen molar-refractivity contribution in [3.63, 3.8) is 0 Å². The first-order chi connectivity index (χ1) is 8.99. The molecule has 0 saturated carbocycles. The third-order valence-corrected chi connectivity index (χ3v) is 3.88. The van der Waals surface area contributed by atoms with Crippen LogP contribution in [0.2, 0.25) is 15.1 Å². The third-order valence-electron chi connectivity index (χ3n) is 2.75. The maximum absolute atomic E-state index is 13.0. The smallest absolute Gasteiger partial charge is 0.141 e. The van der Waals surface area contributed by atoms with Crippen molar-refractivity contribution in [2.75, 3.05) is 0 Å². The average molecular weight is 320 g/mol. The molecule has 1 nitrogen and oxygen atoms in total. The second kappa shape index (κ2) is 6.10. The highest BCUT2D eigenvalue weighted by molar-refractivity contribution is 6.42. The Labute approximate surface area is 125 Å². The first-order valence-corrected chi connectivity index (χ1v) is 6.68. The molecule has 0 spiro atoms. The normalized spacial score (nSPS) is 12.5. The Bertz CT molecular complexity index is 601. The van der Waals surface area contributed by atoms with E-state index in [0.717, 1.165) is 5.56 Å². The van der Waals surface area contributed by atoms with Crippen LogP contribution in [0.1, 0.15) is 17.2 Å². The Kier molecular flexibility index (Phi) is 4.69. The van der Waals surface area contributed by atoms with Gasteiger partial charge in [0.15, 0.2) is 0 Å². The van der Waals surface area contributed by atoms with Crippen LogP contribution < -0.4 is 0 Å². The van der Waals surface area contributed by atoms with Gasteiger partial charge in [-0.1, -0.05) is 53.0 Å². The van der Waals surface area contributed by atoms with Crippen molar-refractivity contribution in [2.45, 2.75) is 12.5 Å². The second-order valence-electron chi connectivity index (χ2n) is 4.11. The van der Waals surface area contributed by atoms with E-state index < -0.39 is 11.9 Å². The summed E-state index contributed by atoms with van der Waals surface area (Å²) < 4.78 is 13.0.